The highest BCUT2D eigenvalue weighted by Crippen LogP contribution is 2.09. The van der Waals surface area contributed by atoms with Gasteiger partial charge in [0.1, 0.15) is 0 Å². The molecule has 0 aromatic heterocycles. The van der Waals surface area contributed by atoms with Gasteiger partial charge in [-0.2, -0.15) is 0 Å². The van der Waals surface area contributed by atoms with Crippen LogP contribution in [-0.4, -0.2) is 29.1 Å². The molecule has 1 aromatic rings. The van der Waals surface area contributed by atoms with Crippen LogP contribution in [0.4, 0.5) is 5.69 Å². The number of carbonyl (C=O) groups is 2. The summed E-state index contributed by atoms with van der Waals surface area (Å²) in [5.41, 5.74) is 0.659. The summed E-state index contributed by atoms with van der Waals surface area (Å²) in [5.74, 6) is -1.14. The van der Waals surface area contributed by atoms with Crippen molar-refractivity contribution in [3.05, 3.63) is 29.8 Å². The van der Waals surface area contributed by atoms with Crippen molar-refractivity contribution in [1.29, 1.82) is 0 Å². The molecule has 5 nitrogen and oxygen atoms in total. The van der Waals surface area contributed by atoms with Gasteiger partial charge >= 0.3 is 5.97 Å². The number of amides is 1. The molecule has 98 valence electrons. The molecule has 0 radical (unpaired) electrons. The molecule has 0 unspecified atom stereocenters. The first-order chi connectivity index (χ1) is 8.28. The van der Waals surface area contributed by atoms with Crippen LogP contribution >= 0.6 is 0 Å². The van der Waals surface area contributed by atoms with Crippen LogP contribution in [0.25, 0.3) is 0 Å². The number of nitrogens with one attached hydrogen (secondary N) is 2. The molecule has 0 bridgehead atoms. The van der Waals surface area contributed by atoms with E-state index in [2.05, 4.69) is 10.6 Å². The highest BCUT2D eigenvalue weighted by molar-refractivity contribution is 5.93. The number of hydrogen-bond donors (Lipinski definition) is 3. The summed E-state index contributed by atoms with van der Waals surface area (Å²) in [5, 5.41) is 14.5. The molecule has 0 saturated carbocycles. The van der Waals surface area contributed by atoms with Crippen molar-refractivity contribution >= 4 is 17.6 Å². The zero-order chi connectivity index (χ0) is 13.8. The number of rotatable bonds is 4. The maximum atomic E-state index is 11.6. The zero-order valence-electron chi connectivity index (χ0n) is 10.8. The predicted molar refractivity (Wildman–Crippen MR) is 69.8 cm³/mol. The second-order valence-electron chi connectivity index (χ2n) is 5.03. The number of carboxylic acids is 1. The fraction of sp³-hybridized carbons (Fsp3) is 0.385. The average molecular weight is 250 g/mol. The van der Waals surface area contributed by atoms with E-state index < -0.39 is 5.97 Å². The van der Waals surface area contributed by atoms with Gasteiger partial charge in [-0.15, -0.1) is 0 Å². The van der Waals surface area contributed by atoms with Crippen molar-refractivity contribution in [2.45, 2.75) is 26.3 Å². The molecule has 1 aromatic carbocycles. The summed E-state index contributed by atoms with van der Waals surface area (Å²) in [6, 6.07) is 6.04. The average Bonchev–Trinajstić information content (AvgIpc) is 2.26. The van der Waals surface area contributed by atoms with Crippen LogP contribution in [0.2, 0.25) is 0 Å². The second-order valence-corrected chi connectivity index (χ2v) is 5.03. The lowest BCUT2D eigenvalue weighted by Crippen LogP contribution is -2.41. The number of carboxylic acid groups (broad SMARTS) is 1. The van der Waals surface area contributed by atoms with Crippen molar-refractivity contribution in [3.63, 3.8) is 0 Å². The summed E-state index contributed by atoms with van der Waals surface area (Å²) in [7, 11) is 0. The number of aromatic carboxylic acids is 1. The molecule has 0 aliphatic carbocycles. The van der Waals surface area contributed by atoms with Gasteiger partial charge in [0.05, 0.1) is 12.1 Å². The minimum atomic E-state index is -0.984. The molecule has 1 rings (SSSR count). The van der Waals surface area contributed by atoms with E-state index in [0.717, 1.165) is 0 Å². The summed E-state index contributed by atoms with van der Waals surface area (Å²) in [6.45, 7) is 6.13. The smallest absolute Gasteiger partial charge is 0.335 e. The first kappa shape index (κ1) is 14.2. The van der Waals surface area contributed by atoms with Crippen molar-refractivity contribution in [1.82, 2.24) is 5.32 Å². The maximum absolute atomic E-state index is 11.6. The van der Waals surface area contributed by atoms with E-state index in [1.54, 1.807) is 12.1 Å². The number of hydrogen-bond acceptors (Lipinski definition) is 3. The molecule has 3 N–H and O–H groups in total. The molecular formula is C13H18N2O3. The van der Waals surface area contributed by atoms with Gasteiger partial charge in [0, 0.05) is 11.2 Å². The Bertz CT molecular complexity index is 433. The van der Waals surface area contributed by atoms with Crippen molar-refractivity contribution < 1.29 is 14.7 Å². The number of carbonyl (C=O) groups excluding carboxylic acids is 1. The van der Waals surface area contributed by atoms with Crippen molar-refractivity contribution in [3.8, 4) is 0 Å². The number of anilines is 1. The Balaban J connectivity index is 2.52. The molecule has 0 saturated heterocycles. The summed E-state index contributed by atoms with van der Waals surface area (Å²) in [6.07, 6.45) is 0. The third-order valence-corrected chi connectivity index (χ3v) is 2.19. The molecule has 0 fully saturated rings. The lowest BCUT2D eigenvalue weighted by atomic mass is 10.1. The van der Waals surface area contributed by atoms with Crippen LogP contribution < -0.4 is 10.6 Å². The van der Waals surface area contributed by atoms with Crippen LogP contribution in [-0.2, 0) is 4.79 Å². The van der Waals surface area contributed by atoms with Crippen LogP contribution in [0.3, 0.4) is 0 Å². The Labute approximate surface area is 106 Å². The summed E-state index contributed by atoms with van der Waals surface area (Å²) in [4.78, 5) is 22.2. The Morgan fingerprint density at radius 1 is 1.17 bits per heavy atom. The Morgan fingerprint density at radius 2 is 1.72 bits per heavy atom. The molecule has 0 spiro atoms. The van der Waals surface area contributed by atoms with E-state index in [1.807, 2.05) is 20.8 Å². The molecule has 0 aliphatic heterocycles. The molecule has 5 heteroatoms. The molecule has 18 heavy (non-hydrogen) atoms. The van der Waals surface area contributed by atoms with Crippen LogP contribution in [0, 0.1) is 0 Å². The Hall–Kier alpha value is -1.88. The zero-order valence-corrected chi connectivity index (χ0v) is 10.8. The van der Waals surface area contributed by atoms with Gasteiger partial charge < -0.3 is 15.7 Å². The minimum absolute atomic E-state index is 0.121. The molecular weight excluding hydrogens is 232 g/mol. The Morgan fingerprint density at radius 3 is 2.17 bits per heavy atom. The summed E-state index contributed by atoms with van der Waals surface area (Å²) >= 11 is 0. The second kappa shape index (κ2) is 5.64. The fourth-order valence-corrected chi connectivity index (χ4v) is 1.25. The first-order valence-electron chi connectivity index (χ1n) is 5.66. The van der Waals surface area contributed by atoms with Crippen LogP contribution in [0.1, 0.15) is 31.1 Å². The third kappa shape index (κ3) is 4.97. The van der Waals surface area contributed by atoms with E-state index in [1.165, 1.54) is 12.1 Å². The normalized spacial score (nSPS) is 11.1. The lowest BCUT2D eigenvalue weighted by Gasteiger charge is -2.20. The predicted octanol–water partition coefficient (Wildman–Crippen LogP) is 1.71. The van der Waals surface area contributed by atoms with Gasteiger partial charge in [0.15, 0.2) is 0 Å². The monoisotopic (exact) mass is 250 g/mol. The van der Waals surface area contributed by atoms with Crippen molar-refractivity contribution in [2.75, 3.05) is 11.9 Å². The van der Waals surface area contributed by atoms with E-state index >= 15 is 0 Å². The van der Waals surface area contributed by atoms with Crippen molar-refractivity contribution in [2.24, 2.45) is 0 Å². The minimum Gasteiger partial charge on any atom is -0.478 e. The summed E-state index contributed by atoms with van der Waals surface area (Å²) < 4.78 is 0. The van der Waals surface area contributed by atoms with E-state index in [4.69, 9.17) is 5.11 Å². The maximum Gasteiger partial charge on any atom is 0.335 e. The van der Waals surface area contributed by atoms with Crippen LogP contribution in [0.5, 0.6) is 0 Å². The topological polar surface area (TPSA) is 78.4 Å². The fourth-order valence-electron chi connectivity index (χ4n) is 1.25. The Kier molecular flexibility index (Phi) is 4.44. The van der Waals surface area contributed by atoms with Gasteiger partial charge in [-0.1, -0.05) is 0 Å². The molecule has 1 amide bonds. The largest absolute Gasteiger partial charge is 0.478 e. The highest BCUT2D eigenvalue weighted by atomic mass is 16.4. The van der Waals surface area contributed by atoms with E-state index in [-0.39, 0.29) is 23.6 Å². The van der Waals surface area contributed by atoms with Gasteiger partial charge in [-0.3, -0.25) is 4.79 Å². The first-order valence-corrected chi connectivity index (χ1v) is 5.66. The standard InChI is InChI=1S/C13H18N2O3/c1-13(2,3)14-8-11(16)15-10-6-4-9(5-7-10)12(17)18/h4-7,14H,8H2,1-3H3,(H,15,16)(H,17,18). The van der Waals surface area contributed by atoms with Crippen LogP contribution in [0.15, 0.2) is 24.3 Å². The van der Waals surface area contributed by atoms with Gasteiger partial charge in [0.2, 0.25) is 5.91 Å². The van der Waals surface area contributed by atoms with E-state index in [9.17, 15) is 9.59 Å². The lowest BCUT2D eigenvalue weighted by molar-refractivity contribution is -0.115. The third-order valence-electron chi connectivity index (χ3n) is 2.19. The van der Waals surface area contributed by atoms with Gasteiger partial charge in [-0.25, -0.2) is 4.79 Å². The quantitative estimate of drug-likeness (QED) is 0.760. The molecule has 0 heterocycles. The van der Waals surface area contributed by atoms with Gasteiger partial charge in [0.25, 0.3) is 0 Å². The molecule has 0 atom stereocenters. The SMILES string of the molecule is CC(C)(C)NCC(=O)Nc1ccc(C(=O)O)cc1. The molecule has 0 aliphatic rings. The van der Waals surface area contributed by atoms with E-state index in [0.29, 0.717) is 5.69 Å². The van der Waals surface area contributed by atoms with Gasteiger partial charge in [-0.05, 0) is 45.0 Å². The highest BCUT2D eigenvalue weighted by Gasteiger charge is 2.11. The number of benzene rings is 1.